The van der Waals surface area contributed by atoms with E-state index in [1.807, 2.05) is 0 Å². The number of benzene rings is 1. The van der Waals surface area contributed by atoms with Crippen molar-refractivity contribution in [2.45, 2.75) is 12.5 Å². The van der Waals surface area contributed by atoms with E-state index < -0.39 is 12.0 Å². The summed E-state index contributed by atoms with van der Waals surface area (Å²) in [5.41, 5.74) is 5.81. The monoisotopic (exact) mass is 267 g/mol. The van der Waals surface area contributed by atoms with Gasteiger partial charge in [-0.1, -0.05) is 11.6 Å². The van der Waals surface area contributed by atoms with Gasteiger partial charge in [0.25, 0.3) is 0 Å². The molecule has 1 aromatic carbocycles. The van der Waals surface area contributed by atoms with Crippen LogP contribution in [0.25, 0.3) is 11.0 Å². The van der Waals surface area contributed by atoms with Gasteiger partial charge in [-0.15, -0.1) is 0 Å². The van der Waals surface area contributed by atoms with Crippen molar-refractivity contribution in [1.29, 1.82) is 0 Å². The van der Waals surface area contributed by atoms with E-state index in [9.17, 15) is 9.59 Å². The van der Waals surface area contributed by atoms with Crippen LogP contribution in [0.1, 0.15) is 18.0 Å². The van der Waals surface area contributed by atoms with Crippen LogP contribution >= 0.6 is 11.6 Å². The molecule has 18 heavy (non-hydrogen) atoms. The fourth-order valence-corrected chi connectivity index (χ4v) is 1.84. The second-order valence-corrected chi connectivity index (χ2v) is 4.30. The molecule has 0 fully saturated rings. The average Bonchev–Trinajstić information content (AvgIpc) is 2.29. The molecule has 2 aromatic rings. The van der Waals surface area contributed by atoms with Crippen LogP contribution in [0.3, 0.4) is 0 Å². The van der Waals surface area contributed by atoms with E-state index in [2.05, 4.69) is 0 Å². The van der Waals surface area contributed by atoms with Crippen LogP contribution in [0.4, 0.5) is 0 Å². The molecule has 0 spiro atoms. The summed E-state index contributed by atoms with van der Waals surface area (Å²) in [6.07, 6.45) is 0.864. The van der Waals surface area contributed by atoms with Gasteiger partial charge in [-0.25, -0.2) is 0 Å². The Hall–Kier alpha value is -1.85. The van der Waals surface area contributed by atoms with Crippen LogP contribution in [0.15, 0.2) is 33.7 Å². The Labute approximate surface area is 107 Å². The minimum atomic E-state index is -1.08. The first-order valence-electron chi connectivity index (χ1n) is 5.17. The molecule has 3 N–H and O–H groups in total. The Kier molecular flexibility index (Phi) is 3.36. The summed E-state index contributed by atoms with van der Waals surface area (Å²) in [6.45, 7) is 0. The van der Waals surface area contributed by atoms with Crippen LogP contribution in [0.5, 0.6) is 0 Å². The number of rotatable bonds is 3. The van der Waals surface area contributed by atoms with Crippen molar-refractivity contribution >= 4 is 28.5 Å². The molecule has 0 saturated carbocycles. The molecule has 2 rings (SSSR count). The first kappa shape index (κ1) is 12.6. The topological polar surface area (TPSA) is 93.5 Å². The minimum absolute atomic E-state index is 0.132. The standard InChI is InChI=1S/C12H10ClNO4/c13-6-1-2-10-7(3-6)12(17)8(5-18-10)9(14)4-11(15)16/h1-3,5,9H,4,14H2,(H,15,16). The van der Waals surface area contributed by atoms with Gasteiger partial charge in [-0.2, -0.15) is 0 Å². The second kappa shape index (κ2) is 4.80. The molecule has 94 valence electrons. The van der Waals surface area contributed by atoms with Crippen LogP contribution in [-0.2, 0) is 4.79 Å². The van der Waals surface area contributed by atoms with Gasteiger partial charge in [0.05, 0.1) is 23.6 Å². The predicted octanol–water partition coefficient (Wildman–Crippen LogP) is 1.92. The molecule has 1 aromatic heterocycles. The maximum Gasteiger partial charge on any atom is 0.305 e. The molecule has 0 aliphatic rings. The number of carboxylic acid groups (broad SMARTS) is 1. The van der Waals surface area contributed by atoms with Crippen LogP contribution in [-0.4, -0.2) is 11.1 Å². The van der Waals surface area contributed by atoms with Crippen molar-refractivity contribution in [3.8, 4) is 0 Å². The lowest BCUT2D eigenvalue weighted by atomic mass is 10.0. The van der Waals surface area contributed by atoms with E-state index in [0.29, 0.717) is 16.0 Å². The number of carbonyl (C=O) groups is 1. The predicted molar refractivity (Wildman–Crippen MR) is 66.7 cm³/mol. The van der Waals surface area contributed by atoms with Crippen LogP contribution in [0, 0.1) is 0 Å². The molecular formula is C12H10ClNO4. The van der Waals surface area contributed by atoms with Crippen molar-refractivity contribution in [1.82, 2.24) is 0 Å². The van der Waals surface area contributed by atoms with Gasteiger partial charge in [0.2, 0.25) is 0 Å². The van der Waals surface area contributed by atoms with Gasteiger partial charge in [0.1, 0.15) is 5.58 Å². The fourth-order valence-electron chi connectivity index (χ4n) is 1.67. The highest BCUT2D eigenvalue weighted by Crippen LogP contribution is 2.19. The summed E-state index contributed by atoms with van der Waals surface area (Å²) >= 11 is 5.80. The van der Waals surface area contributed by atoms with Gasteiger partial charge in [-0.05, 0) is 18.2 Å². The zero-order valence-electron chi connectivity index (χ0n) is 9.22. The Bertz CT molecular complexity index is 665. The first-order chi connectivity index (χ1) is 8.49. The number of nitrogens with two attached hydrogens (primary N) is 1. The minimum Gasteiger partial charge on any atom is -0.481 e. The van der Waals surface area contributed by atoms with Gasteiger partial charge >= 0.3 is 5.97 Å². The van der Waals surface area contributed by atoms with Gasteiger partial charge < -0.3 is 15.3 Å². The van der Waals surface area contributed by atoms with E-state index >= 15 is 0 Å². The molecular weight excluding hydrogens is 258 g/mol. The third-order valence-electron chi connectivity index (χ3n) is 2.56. The third kappa shape index (κ3) is 2.37. The highest BCUT2D eigenvalue weighted by molar-refractivity contribution is 6.31. The normalized spacial score (nSPS) is 12.6. The number of aliphatic carboxylic acids is 1. The molecule has 1 atom stereocenters. The van der Waals surface area contributed by atoms with E-state index in [-0.39, 0.29) is 17.4 Å². The molecule has 1 heterocycles. The molecule has 1 unspecified atom stereocenters. The number of carboxylic acids is 1. The highest BCUT2D eigenvalue weighted by atomic mass is 35.5. The highest BCUT2D eigenvalue weighted by Gasteiger charge is 2.16. The van der Waals surface area contributed by atoms with Crippen molar-refractivity contribution < 1.29 is 14.3 Å². The van der Waals surface area contributed by atoms with Crippen LogP contribution < -0.4 is 11.2 Å². The number of fused-ring (bicyclic) bond motifs is 1. The Morgan fingerprint density at radius 1 is 1.50 bits per heavy atom. The molecule has 0 radical (unpaired) electrons. The molecule has 5 nitrogen and oxygen atoms in total. The molecule has 0 bridgehead atoms. The van der Waals surface area contributed by atoms with Crippen molar-refractivity contribution in [2.24, 2.45) is 5.73 Å². The third-order valence-corrected chi connectivity index (χ3v) is 2.79. The lowest BCUT2D eigenvalue weighted by molar-refractivity contribution is -0.137. The smallest absolute Gasteiger partial charge is 0.305 e. The quantitative estimate of drug-likeness (QED) is 0.886. The zero-order chi connectivity index (χ0) is 13.3. The average molecular weight is 268 g/mol. The summed E-state index contributed by atoms with van der Waals surface area (Å²) in [7, 11) is 0. The molecule has 6 heteroatoms. The molecule has 0 aliphatic carbocycles. The second-order valence-electron chi connectivity index (χ2n) is 3.87. The Balaban J connectivity index is 2.57. The van der Waals surface area contributed by atoms with Gasteiger partial charge in [0.15, 0.2) is 5.43 Å². The number of halogens is 1. The van der Waals surface area contributed by atoms with E-state index in [0.717, 1.165) is 0 Å². The lowest BCUT2D eigenvalue weighted by Gasteiger charge is -2.08. The van der Waals surface area contributed by atoms with Crippen molar-refractivity contribution in [3.63, 3.8) is 0 Å². The van der Waals surface area contributed by atoms with Gasteiger partial charge in [-0.3, -0.25) is 9.59 Å². The van der Waals surface area contributed by atoms with Crippen molar-refractivity contribution in [2.75, 3.05) is 0 Å². The van der Waals surface area contributed by atoms with E-state index in [1.165, 1.54) is 12.3 Å². The lowest BCUT2D eigenvalue weighted by Crippen LogP contribution is -2.22. The SMILES string of the molecule is NC(CC(=O)O)c1coc2ccc(Cl)cc2c1=O. The molecule has 0 saturated heterocycles. The largest absolute Gasteiger partial charge is 0.481 e. The summed E-state index contributed by atoms with van der Waals surface area (Å²) < 4.78 is 5.25. The van der Waals surface area contributed by atoms with E-state index in [4.69, 9.17) is 26.9 Å². The maximum atomic E-state index is 12.1. The van der Waals surface area contributed by atoms with Gasteiger partial charge in [0, 0.05) is 11.1 Å². The number of hydrogen-bond acceptors (Lipinski definition) is 4. The zero-order valence-corrected chi connectivity index (χ0v) is 9.98. The molecule has 0 amide bonds. The maximum absolute atomic E-state index is 12.1. The number of hydrogen-bond donors (Lipinski definition) is 2. The van der Waals surface area contributed by atoms with Crippen LogP contribution in [0.2, 0.25) is 5.02 Å². The molecule has 0 aliphatic heterocycles. The Morgan fingerprint density at radius 2 is 2.22 bits per heavy atom. The summed E-state index contributed by atoms with van der Waals surface area (Å²) in [4.78, 5) is 22.7. The summed E-state index contributed by atoms with van der Waals surface area (Å²) in [5.74, 6) is -1.08. The summed E-state index contributed by atoms with van der Waals surface area (Å²) in [6, 6.07) is 3.75. The van der Waals surface area contributed by atoms with E-state index in [1.54, 1.807) is 12.1 Å². The summed E-state index contributed by atoms with van der Waals surface area (Å²) in [5, 5.41) is 9.35. The fraction of sp³-hybridized carbons (Fsp3) is 0.167. The first-order valence-corrected chi connectivity index (χ1v) is 5.55. The Morgan fingerprint density at radius 3 is 2.89 bits per heavy atom. The van der Waals surface area contributed by atoms with Crippen molar-refractivity contribution in [3.05, 3.63) is 45.3 Å².